The Morgan fingerprint density at radius 2 is 2.17 bits per heavy atom. The minimum absolute atomic E-state index is 0.239. The average Bonchev–Trinajstić information content (AvgIpc) is 2.71. The van der Waals surface area contributed by atoms with E-state index in [0.717, 1.165) is 30.7 Å². The third-order valence-electron chi connectivity index (χ3n) is 3.82. The number of pyridine rings is 1. The number of hydrogen-bond acceptors (Lipinski definition) is 4. The van der Waals surface area contributed by atoms with Crippen molar-refractivity contribution < 1.29 is 0 Å². The van der Waals surface area contributed by atoms with E-state index in [2.05, 4.69) is 40.7 Å². The van der Waals surface area contributed by atoms with Gasteiger partial charge in [-0.3, -0.25) is 10.8 Å². The van der Waals surface area contributed by atoms with E-state index in [-0.39, 0.29) is 6.04 Å². The topological polar surface area (TPSA) is 50.3 Å². The van der Waals surface area contributed by atoms with Gasteiger partial charge in [-0.15, -0.1) is 0 Å². The van der Waals surface area contributed by atoms with E-state index >= 15 is 0 Å². The van der Waals surface area contributed by atoms with Gasteiger partial charge in [0.25, 0.3) is 0 Å². The molecule has 5 heteroatoms. The van der Waals surface area contributed by atoms with Crippen LogP contribution in [0.25, 0.3) is 11.0 Å². The number of rotatable bonds is 1. The van der Waals surface area contributed by atoms with Gasteiger partial charge in [0.2, 0.25) is 0 Å². The lowest BCUT2D eigenvalue weighted by Gasteiger charge is -2.37. The number of hydrogen-bond donors (Lipinski definition) is 1. The normalized spacial score (nSPS) is 22.7. The molecule has 0 aliphatic carbocycles. The molecule has 0 bridgehead atoms. The highest BCUT2D eigenvalue weighted by molar-refractivity contribution is 5.76. The Bertz CT molecular complexity index is 562. The highest BCUT2D eigenvalue weighted by atomic mass is 15.5. The number of aryl methyl sites for hydroxylation is 1. The van der Waals surface area contributed by atoms with E-state index in [0.29, 0.717) is 0 Å². The highest BCUT2D eigenvalue weighted by Crippen LogP contribution is 2.26. The molecule has 0 spiro atoms. The van der Waals surface area contributed by atoms with E-state index in [1.807, 2.05) is 17.3 Å². The SMILES string of the molecule is CN1CCN(N)C(c2cc3ncccc3n2C)C1. The number of nitrogens with two attached hydrogens (primary N) is 1. The standard InChI is InChI=1S/C13H19N5/c1-16-6-7-18(14)13(9-16)12-8-10-11(17(12)2)4-3-5-15-10/h3-5,8,13H,6-7,9,14H2,1-2H3. The Balaban J connectivity index is 2.05. The summed E-state index contributed by atoms with van der Waals surface area (Å²) < 4.78 is 2.20. The van der Waals surface area contributed by atoms with Crippen molar-refractivity contribution in [2.45, 2.75) is 6.04 Å². The van der Waals surface area contributed by atoms with Crippen LogP contribution in [0.5, 0.6) is 0 Å². The zero-order chi connectivity index (χ0) is 12.7. The van der Waals surface area contributed by atoms with Gasteiger partial charge in [-0.1, -0.05) is 0 Å². The summed E-state index contributed by atoms with van der Waals surface area (Å²) in [5, 5.41) is 1.94. The van der Waals surface area contributed by atoms with Gasteiger partial charge >= 0.3 is 0 Å². The van der Waals surface area contributed by atoms with Crippen molar-refractivity contribution in [1.82, 2.24) is 19.5 Å². The molecule has 1 unspecified atom stereocenters. The van der Waals surface area contributed by atoms with Crippen molar-refractivity contribution in [3.8, 4) is 0 Å². The molecule has 0 radical (unpaired) electrons. The smallest absolute Gasteiger partial charge is 0.0884 e. The Morgan fingerprint density at radius 1 is 1.33 bits per heavy atom. The number of nitrogens with zero attached hydrogens (tertiary/aromatic N) is 4. The monoisotopic (exact) mass is 245 g/mol. The van der Waals surface area contributed by atoms with Crippen LogP contribution < -0.4 is 5.84 Å². The van der Waals surface area contributed by atoms with Crippen LogP contribution in [-0.4, -0.2) is 46.1 Å². The minimum Gasteiger partial charge on any atom is -0.345 e. The lowest BCUT2D eigenvalue weighted by Crippen LogP contribution is -2.50. The predicted octanol–water partition coefficient (Wildman–Crippen LogP) is 0.735. The molecule has 2 aromatic rings. The van der Waals surface area contributed by atoms with Gasteiger partial charge in [0, 0.05) is 38.6 Å². The molecule has 5 nitrogen and oxygen atoms in total. The second-order valence-electron chi connectivity index (χ2n) is 5.05. The molecule has 1 saturated heterocycles. The summed E-state index contributed by atoms with van der Waals surface area (Å²) in [5.74, 6) is 6.14. The molecular formula is C13H19N5. The molecule has 1 aliphatic heterocycles. The number of hydrazine groups is 1. The molecule has 18 heavy (non-hydrogen) atoms. The van der Waals surface area contributed by atoms with E-state index in [1.54, 1.807) is 0 Å². The maximum absolute atomic E-state index is 6.14. The molecule has 0 aromatic carbocycles. The number of aromatic nitrogens is 2. The highest BCUT2D eigenvalue weighted by Gasteiger charge is 2.27. The number of likely N-dealkylation sites (N-methyl/N-ethyl adjacent to an activating group) is 1. The van der Waals surface area contributed by atoms with Gasteiger partial charge < -0.3 is 9.47 Å². The van der Waals surface area contributed by atoms with E-state index in [9.17, 15) is 0 Å². The van der Waals surface area contributed by atoms with E-state index < -0.39 is 0 Å². The molecule has 3 heterocycles. The Kier molecular flexibility index (Phi) is 2.81. The summed E-state index contributed by atoms with van der Waals surface area (Å²) in [6, 6.07) is 6.46. The fourth-order valence-electron chi connectivity index (χ4n) is 2.70. The average molecular weight is 245 g/mol. The quantitative estimate of drug-likeness (QED) is 0.753. The molecule has 2 N–H and O–H groups in total. The van der Waals surface area contributed by atoms with Crippen molar-refractivity contribution >= 4 is 11.0 Å². The second kappa shape index (κ2) is 4.35. The Morgan fingerprint density at radius 3 is 2.94 bits per heavy atom. The van der Waals surface area contributed by atoms with Crippen LogP contribution >= 0.6 is 0 Å². The molecule has 3 rings (SSSR count). The number of fused-ring (bicyclic) bond motifs is 1. The molecule has 2 aromatic heterocycles. The van der Waals surface area contributed by atoms with Gasteiger partial charge in [-0.05, 0) is 25.2 Å². The Hall–Kier alpha value is -1.43. The summed E-state index contributed by atoms with van der Waals surface area (Å²) in [6.45, 7) is 2.88. The van der Waals surface area contributed by atoms with E-state index in [4.69, 9.17) is 5.84 Å². The first-order chi connectivity index (χ1) is 8.66. The fourth-order valence-corrected chi connectivity index (χ4v) is 2.70. The lowest BCUT2D eigenvalue weighted by molar-refractivity contribution is 0.0867. The maximum atomic E-state index is 6.14. The largest absolute Gasteiger partial charge is 0.345 e. The first kappa shape index (κ1) is 11.6. The number of piperazine rings is 1. The van der Waals surface area contributed by atoms with Crippen LogP contribution in [0.2, 0.25) is 0 Å². The van der Waals surface area contributed by atoms with Crippen LogP contribution in [0.3, 0.4) is 0 Å². The van der Waals surface area contributed by atoms with Gasteiger partial charge in [-0.25, -0.2) is 5.01 Å². The summed E-state index contributed by atoms with van der Waals surface area (Å²) in [7, 11) is 4.22. The maximum Gasteiger partial charge on any atom is 0.0884 e. The van der Waals surface area contributed by atoms with Gasteiger partial charge in [0.05, 0.1) is 17.1 Å². The van der Waals surface area contributed by atoms with Crippen molar-refractivity contribution in [2.24, 2.45) is 12.9 Å². The Labute approximate surface area is 107 Å². The molecule has 1 aliphatic rings. The molecule has 1 atom stereocenters. The third-order valence-corrected chi connectivity index (χ3v) is 3.82. The third kappa shape index (κ3) is 1.80. The van der Waals surface area contributed by atoms with Crippen molar-refractivity contribution in [3.63, 3.8) is 0 Å². The first-order valence-corrected chi connectivity index (χ1v) is 6.27. The summed E-state index contributed by atoms with van der Waals surface area (Å²) >= 11 is 0. The molecule has 0 amide bonds. The van der Waals surface area contributed by atoms with Crippen LogP contribution in [0.1, 0.15) is 11.7 Å². The zero-order valence-corrected chi connectivity index (χ0v) is 10.9. The first-order valence-electron chi connectivity index (χ1n) is 6.27. The van der Waals surface area contributed by atoms with Gasteiger partial charge in [0.1, 0.15) is 0 Å². The van der Waals surface area contributed by atoms with Crippen LogP contribution in [0, 0.1) is 0 Å². The molecular weight excluding hydrogens is 226 g/mol. The predicted molar refractivity (Wildman–Crippen MR) is 71.8 cm³/mol. The summed E-state index contributed by atoms with van der Waals surface area (Å²) in [5.41, 5.74) is 3.43. The van der Waals surface area contributed by atoms with Crippen molar-refractivity contribution in [1.29, 1.82) is 0 Å². The lowest BCUT2D eigenvalue weighted by atomic mass is 10.1. The van der Waals surface area contributed by atoms with Crippen molar-refractivity contribution in [2.75, 3.05) is 26.7 Å². The van der Waals surface area contributed by atoms with Crippen LogP contribution in [-0.2, 0) is 7.05 Å². The zero-order valence-electron chi connectivity index (χ0n) is 10.9. The molecule has 96 valence electrons. The minimum atomic E-state index is 0.239. The van der Waals surface area contributed by atoms with Gasteiger partial charge in [0.15, 0.2) is 0 Å². The van der Waals surface area contributed by atoms with Crippen LogP contribution in [0.15, 0.2) is 24.4 Å². The fraction of sp³-hybridized carbons (Fsp3) is 0.462. The summed E-state index contributed by atoms with van der Waals surface area (Å²) in [6.07, 6.45) is 1.83. The summed E-state index contributed by atoms with van der Waals surface area (Å²) in [4.78, 5) is 6.73. The molecule has 0 saturated carbocycles. The van der Waals surface area contributed by atoms with Crippen molar-refractivity contribution in [3.05, 3.63) is 30.1 Å². The van der Waals surface area contributed by atoms with Crippen LogP contribution in [0.4, 0.5) is 0 Å². The second-order valence-corrected chi connectivity index (χ2v) is 5.05. The van der Waals surface area contributed by atoms with Gasteiger partial charge in [-0.2, -0.15) is 0 Å². The van der Waals surface area contributed by atoms with E-state index in [1.165, 1.54) is 5.69 Å². The molecule has 1 fully saturated rings.